The van der Waals surface area contributed by atoms with E-state index in [2.05, 4.69) is 44.0 Å². The van der Waals surface area contributed by atoms with Crippen molar-refractivity contribution >= 4 is 11.8 Å². The smallest absolute Gasteiger partial charge is 0.257 e. The lowest BCUT2D eigenvalue weighted by Gasteiger charge is -2.10. The minimum atomic E-state index is 0.508. The van der Waals surface area contributed by atoms with Gasteiger partial charge >= 0.3 is 0 Å². The summed E-state index contributed by atoms with van der Waals surface area (Å²) in [6.07, 6.45) is 1.67. The molecule has 0 unspecified atom stereocenters. The summed E-state index contributed by atoms with van der Waals surface area (Å²) < 4.78 is 13.0. The third kappa shape index (κ3) is 4.15. The van der Waals surface area contributed by atoms with Gasteiger partial charge in [0.05, 0.1) is 18.6 Å². The summed E-state index contributed by atoms with van der Waals surface area (Å²) in [4.78, 5) is 4.51. The van der Waals surface area contributed by atoms with Gasteiger partial charge in [-0.3, -0.25) is 4.57 Å². The Morgan fingerprint density at radius 2 is 1.77 bits per heavy atom. The Kier molecular flexibility index (Phi) is 5.37. The Morgan fingerprint density at radius 3 is 2.58 bits per heavy atom. The van der Waals surface area contributed by atoms with Crippen LogP contribution in [0.25, 0.3) is 22.8 Å². The zero-order valence-corrected chi connectivity index (χ0v) is 17.6. The van der Waals surface area contributed by atoms with Gasteiger partial charge in [0.2, 0.25) is 0 Å². The van der Waals surface area contributed by atoms with Gasteiger partial charge in [-0.05, 0) is 36.8 Å². The van der Waals surface area contributed by atoms with Gasteiger partial charge in [-0.15, -0.1) is 10.2 Å². The van der Waals surface area contributed by atoms with Gasteiger partial charge in [0.1, 0.15) is 5.76 Å². The van der Waals surface area contributed by atoms with Crippen LogP contribution in [0.5, 0.6) is 0 Å². The Hall–Kier alpha value is -3.65. The predicted octanol–water partition coefficient (Wildman–Crippen LogP) is 5.24. The van der Waals surface area contributed by atoms with Crippen LogP contribution in [0.2, 0.25) is 0 Å². The molecule has 0 fully saturated rings. The van der Waals surface area contributed by atoms with Gasteiger partial charge in [0.25, 0.3) is 5.89 Å². The highest BCUT2D eigenvalue weighted by atomic mass is 32.2. The summed E-state index contributed by atoms with van der Waals surface area (Å²) in [6.45, 7) is 2.60. The minimum Gasteiger partial charge on any atom is -0.467 e. The molecule has 0 amide bonds. The lowest BCUT2D eigenvalue weighted by molar-refractivity contribution is 0.425. The van der Waals surface area contributed by atoms with E-state index in [1.54, 1.807) is 6.26 Å². The van der Waals surface area contributed by atoms with Crippen LogP contribution in [-0.2, 0) is 12.3 Å². The van der Waals surface area contributed by atoms with Crippen molar-refractivity contribution in [1.82, 2.24) is 24.9 Å². The Balaban J connectivity index is 1.41. The Morgan fingerprint density at radius 1 is 0.935 bits per heavy atom. The van der Waals surface area contributed by atoms with Crippen molar-refractivity contribution in [3.05, 3.63) is 90.1 Å². The third-order valence-corrected chi connectivity index (χ3v) is 5.78. The Bertz CT molecular complexity index is 1280. The molecule has 5 rings (SSSR count). The number of thioether (sulfide) groups is 1. The first-order chi connectivity index (χ1) is 15.3. The quantitative estimate of drug-likeness (QED) is 0.327. The van der Waals surface area contributed by atoms with Crippen molar-refractivity contribution in [3.8, 4) is 22.8 Å². The molecule has 0 atom stereocenters. The zero-order valence-electron chi connectivity index (χ0n) is 16.8. The van der Waals surface area contributed by atoms with E-state index in [1.165, 1.54) is 11.8 Å². The molecule has 5 aromatic rings. The van der Waals surface area contributed by atoms with Crippen LogP contribution in [0.4, 0.5) is 0 Å². The van der Waals surface area contributed by atoms with Crippen LogP contribution >= 0.6 is 11.8 Å². The predicted molar refractivity (Wildman–Crippen MR) is 117 cm³/mol. The fourth-order valence-corrected chi connectivity index (χ4v) is 4.04. The van der Waals surface area contributed by atoms with Crippen LogP contribution in [0.15, 0.2) is 87.1 Å². The standard InChI is InChI=1S/C23H19N5O2S/c1-16-8-5-6-12-19(16)21-25-26-23(28(21)14-18-11-7-13-29-18)31-15-20-24-22(30-27-20)17-9-3-2-4-10-17/h2-13H,14-15H2,1H3. The highest BCUT2D eigenvalue weighted by molar-refractivity contribution is 7.98. The van der Waals surface area contributed by atoms with Gasteiger partial charge in [-0.1, -0.05) is 59.4 Å². The molecule has 0 aliphatic heterocycles. The first-order valence-electron chi connectivity index (χ1n) is 9.80. The molecule has 2 aromatic carbocycles. The molecule has 0 radical (unpaired) electrons. The van der Waals surface area contributed by atoms with E-state index in [0.29, 0.717) is 24.0 Å². The zero-order chi connectivity index (χ0) is 21.0. The molecule has 0 N–H and O–H groups in total. The van der Waals surface area contributed by atoms with Crippen molar-refractivity contribution in [3.63, 3.8) is 0 Å². The minimum absolute atomic E-state index is 0.508. The largest absolute Gasteiger partial charge is 0.467 e. The highest BCUT2D eigenvalue weighted by Gasteiger charge is 2.18. The topological polar surface area (TPSA) is 82.8 Å². The molecule has 0 aliphatic rings. The summed E-state index contributed by atoms with van der Waals surface area (Å²) >= 11 is 1.51. The van der Waals surface area contributed by atoms with E-state index in [-0.39, 0.29) is 0 Å². The lowest BCUT2D eigenvalue weighted by atomic mass is 10.1. The average Bonchev–Trinajstić information content (AvgIpc) is 3.56. The number of hydrogen-bond acceptors (Lipinski definition) is 7. The van der Waals surface area contributed by atoms with Crippen molar-refractivity contribution in [2.45, 2.75) is 24.4 Å². The number of hydrogen-bond donors (Lipinski definition) is 0. The average molecular weight is 430 g/mol. The van der Waals surface area contributed by atoms with Crippen molar-refractivity contribution in [2.24, 2.45) is 0 Å². The van der Waals surface area contributed by atoms with Gasteiger partial charge in [-0.25, -0.2) is 0 Å². The van der Waals surface area contributed by atoms with Crippen molar-refractivity contribution in [2.75, 3.05) is 0 Å². The maximum atomic E-state index is 5.57. The van der Waals surface area contributed by atoms with Crippen molar-refractivity contribution in [1.29, 1.82) is 0 Å². The molecule has 0 bridgehead atoms. The fraction of sp³-hybridized carbons (Fsp3) is 0.130. The molecule has 7 nitrogen and oxygen atoms in total. The Labute approximate surface area is 183 Å². The highest BCUT2D eigenvalue weighted by Crippen LogP contribution is 2.29. The SMILES string of the molecule is Cc1ccccc1-c1nnc(SCc2noc(-c3ccccc3)n2)n1Cc1ccco1. The molecular weight excluding hydrogens is 410 g/mol. The monoisotopic (exact) mass is 429 g/mol. The van der Waals surface area contributed by atoms with Crippen LogP contribution in [0, 0.1) is 6.92 Å². The maximum absolute atomic E-state index is 5.57. The summed E-state index contributed by atoms with van der Waals surface area (Å²) in [7, 11) is 0. The van der Waals surface area contributed by atoms with E-state index in [9.17, 15) is 0 Å². The van der Waals surface area contributed by atoms with Crippen LogP contribution in [-0.4, -0.2) is 24.9 Å². The molecule has 0 saturated carbocycles. The number of aryl methyl sites for hydroxylation is 1. The second-order valence-corrected chi connectivity index (χ2v) is 7.90. The maximum Gasteiger partial charge on any atom is 0.257 e. The first kappa shape index (κ1) is 19.3. The summed E-state index contributed by atoms with van der Waals surface area (Å²) in [5, 5.41) is 13.8. The second-order valence-electron chi connectivity index (χ2n) is 6.96. The van der Waals surface area contributed by atoms with Crippen LogP contribution < -0.4 is 0 Å². The number of nitrogens with zero attached hydrogens (tertiary/aromatic N) is 5. The van der Waals surface area contributed by atoms with Gasteiger partial charge in [0, 0.05) is 11.1 Å². The van der Waals surface area contributed by atoms with E-state index in [1.807, 2.05) is 54.6 Å². The number of rotatable bonds is 7. The first-order valence-corrected chi connectivity index (χ1v) is 10.8. The normalized spacial score (nSPS) is 11.1. The van der Waals surface area contributed by atoms with Gasteiger partial charge in [0.15, 0.2) is 16.8 Å². The molecule has 154 valence electrons. The van der Waals surface area contributed by atoms with E-state index >= 15 is 0 Å². The molecule has 0 aliphatic carbocycles. The number of benzene rings is 2. The van der Waals surface area contributed by atoms with Gasteiger partial charge in [-0.2, -0.15) is 4.98 Å². The van der Waals surface area contributed by atoms with E-state index < -0.39 is 0 Å². The summed E-state index contributed by atoms with van der Waals surface area (Å²) in [5.41, 5.74) is 3.08. The van der Waals surface area contributed by atoms with Crippen LogP contribution in [0.3, 0.4) is 0 Å². The number of furan rings is 1. The van der Waals surface area contributed by atoms with Gasteiger partial charge < -0.3 is 8.94 Å². The van der Waals surface area contributed by atoms with E-state index in [0.717, 1.165) is 33.4 Å². The summed E-state index contributed by atoms with van der Waals surface area (Å²) in [5.74, 6) is 3.26. The number of aromatic nitrogens is 5. The third-order valence-electron chi connectivity index (χ3n) is 4.82. The summed E-state index contributed by atoms with van der Waals surface area (Å²) in [6, 6.07) is 21.7. The molecular formula is C23H19N5O2S. The second kappa shape index (κ2) is 8.61. The molecule has 31 heavy (non-hydrogen) atoms. The molecule has 0 saturated heterocycles. The molecule has 8 heteroatoms. The van der Waals surface area contributed by atoms with E-state index in [4.69, 9.17) is 8.94 Å². The molecule has 0 spiro atoms. The molecule has 3 aromatic heterocycles. The lowest BCUT2D eigenvalue weighted by Crippen LogP contribution is -2.04. The van der Waals surface area contributed by atoms with Crippen molar-refractivity contribution < 1.29 is 8.94 Å². The fourth-order valence-electron chi connectivity index (χ4n) is 3.26. The van der Waals surface area contributed by atoms with Crippen LogP contribution in [0.1, 0.15) is 17.1 Å². The molecule has 3 heterocycles.